The zero-order chi connectivity index (χ0) is 27.2. The number of nitrogens with zero attached hydrogens (tertiary/aromatic N) is 1. The van der Waals surface area contributed by atoms with E-state index in [1.165, 1.54) is 19.1 Å². The minimum absolute atomic E-state index is 0.0498. The highest BCUT2D eigenvalue weighted by atomic mass is 35.5. The number of hydrogen-bond donors (Lipinski definition) is 2. The van der Waals surface area contributed by atoms with Gasteiger partial charge in [0.1, 0.15) is 11.6 Å². The number of aliphatic imine (C=N–C) groups is 1. The summed E-state index contributed by atoms with van der Waals surface area (Å²) < 4.78 is 63.2. The first-order chi connectivity index (χ1) is 17.5. The smallest absolute Gasteiger partial charge is 0.450 e. The van der Waals surface area contributed by atoms with Crippen molar-refractivity contribution in [3.05, 3.63) is 57.8 Å². The predicted molar refractivity (Wildman–Crippen MR) is 129 cm³/mol. The predicted octanol–water partition coefficient (Wildman–Crippen LogP) is 5.79. The number of halogens is 5. The van der Waals surface area contributed by atoms with Crippen molar-refractivity contribution in [3.8, 4) is 0 Å². The number of guanidine groups is 1. The van der Waals surface area contributed by atoms with Gasteiger partial charge in [-0.05, 0) is 69.2 Å². The molecule has 0 bridgehead atoms. The topological polar surface area (TPSA) is 92.9 Å². The Morgan fingerprint density at radius 2 is 1.89 bits per heavy atom. The number of rotatable bonds is 7. The van der Waals surface area contributed by atoms with E-state index in [0.29, 0.717) is 31.4 Å². The van der Waals surface area contributed by atoms with E-state index in [1.807, 2.05) is 0 Å². The number of carbonyl (C=O) groups excluding carboxylic acids is 2. The van der Waals surface area contributed by atoms with E-state index in [2.05, 4.69) is 15.6 Å². The third kappa shape index (κ3) is 8.21. The van der Waals surface area contributed by atoms with Gasteiger partial charge in [0.25, 0.3) is 5.91 Å². The molecule has 3 rings (SSSR count). The van der Waals surface area contributed by atoms with Crippen LogP contribution in [0.3, 0.4) is 0 Å². The van der Waals surface area contributed by atoms with Crippen molar-refractivity contribution in [2.45, 2.75) is 64.7 Å². The second kappa shape index (κ2) is 12.4. The molecule has 37 heavy (non-hydrogen) atoms. The highest BCUT2D eigenvalue weighted by molar-refractivity contribution is 6.31. The average Bonchev–Trinajstić information content (AvgIpc) is 3.22. The van der Waals surface area contributed by atoms with Crippen molar-refractivity contribution >= 4 is 29.4 Å². The maximum Gasteiger partial charge on any atom is 0.450 e. The van der Waals surface area contributed by atoms with Gasteiger partial charge in [-0.25, -0.2) is 9.38 Å². The molecule has 0 radical (unpaired) electrons. The van der Waals surface area contributed by atoms with Crippen molar-refractivity contribution in [2.24, 2.45) is 10.9 Å². The summed E-state index contributed by atoms with van der Waals surface area (Å²) in [6.45, 7) is 3.32. The second-order valence-corrected chi connectivity index (χ2v) is 9.23. The Morgan fingerprint density at radius 1 is 1.19 bits per heavy atom. The zero-order valence-corrected chi connectivity index (χ0v) is 21.1. The molecule has 1 aliphatic rings. The van der Waals surface area contributed by atoms with Crippen LogP contribution in [0.2, 0.25) is 5.02 Å². The van der Waals surface area contributed by atoms with Crippen LogP contribution in [-0.4, -0.2) is 30.5 Å². The molecule has 1 aliphatic carbocycles. The van der Waals surface area contributed by atoms with Crippen molar-refractivity contribution < 1.29 is 36.3 Å². The van der Waals surface area contributed by atoms with Gasteiger partial charge in [-0.1, -0.05) is 17.7 Å². The van der Waals surface area contributed by atoms with Crippen LogP contribution in [0.4, 0.5) is 17.6 Å². The molecule has 0 saturated heterocycles. The maximum atomic E-state index is 13.4. The highest BCUT2D eigenvalue weighted by Crippen LogP contribution is 2.34. The molecule has 0 aliphatic heterocycles. The molecular formula is C25H28ClF4N3O4. The fourth-order valence-electron chi connectivity index (χ4n) is 4.16. The van der Waals surface area contributed by atoms with E-state index in [-0.39, 0.29) is 41.2 Å². The van der Waals surface area contributed by atoms with Gasteiger partial charge >= 0.3 is 12.1 Å². The summed E-state index contributed by atoms with van der Waals surface area (Å²) in [7, 11) is 0. The lowest BCUT2D eigenvalue weighted by atomic mass is 9.84. The van der Waals surface area contributed by atoms with Crippen molar-refractivity contribution in [3.63, 3.8) is 0 Å². The van der Waals surface area contributed by atoms with Gasteiger partial charge < -0.3 is 14.5 Å². The summed E-state index contributed by atoms with van der Waals surface area (Å²) in [4.78, 5) is 28.9. The summed E-state index contributed by atoms with van der Waals surface area (Å²) in [5.74, 6) is -3.18. The Kier molecular flexibility index (Phi) is 9.58. The molecule has 12 heteroatoms. The molecule has 1 amide bonds. The standard InChI is InChI=1S/C25H28ClF4N3O4/c1-3-36-21(34)11-15-4-8-18(9-5-15)32-24(31-13-16-6-7-17(27)12-20(16)26)33-23(35)19-10-14(2)37-22(19)25(28,29)30/h6-7,10,12,15,18H,3-5,8-9,11,13H2,1-2H3,(H2,31,32,33,35). The zero-order valence-electron chi connectivity index (χ0n) is 20.4. The number of alkyl halides is 3. The van der Waals surface area contributed by atoms with Gasteiger partial charge in [0, 0.05) is 17.5 Å². The van der Waals surface area contributed by atoms with E-state index in [4.69, 9.17) is 20.8 Å². The molecule has 2 N–H and O–H groups in total. The SMILES string of the molecule is CCOC(=O)CC1CCC(NC(=NCc2ccc(F)cc2Cl)NC(=O)c2cc(C)oc2C(F)(F)F)CC1. The Balaban J connectivity index is 1.75. The molecule has 202 valence electrons. The fraction of sp³-hybridized carbons (Fsp3) is 0.480. The number of nitrogens with one attached hydrogen (secondary N) is 2. The molecule has 1 saturated carbocycles. The van der Waals surface area contributed by atoms with Gasteiger partial charge in [0.15, 0.2) is 5.96 Å². The quantitative estimate of drug-likeness (QED) is 0.199. The minimum atomic E-state index is -4.86. The van der Waals surface area contributed by atoms with E-state index >= 15 is 0 Å². The molecule has 0 spiro atoms. The lowest BCUT2D eigenvalue weighted by molar-refractivity contribution is -0.153. The number of amides is 1. The van der Waals surface area contributed by atoms with Gasteiger partial charge in [0.05, 0.1) is 18.7 Å². The van der Waals surface area contributed by atoms with Crippen LogP contribution in [0.25, 0.3) is 0 Å². The second-order valence-electron chi connectivity index (χ2n) is 8.82. The number of furan rings is 1. The Hall–Kier alpha value is -3.08. The van der Waals surface area contributed by atoms with Gasteiger partial charge in [-0.2, -0.15) is 13.2 Å². The lowest BCUT2D eigenvalue weighted by Crippen LogP contribution is -2.47. The largest absolute Gasteiger partial charge is 0.466 e. The van der Waals surface area contributed by atoms with E-state index in [1.54, 1.807) is 6.92 Å². The lowest BCUT2D eigenvalue weighted by Gasteiger charge is -2.29. The first-order valence-corrected chi connectivity index (χ1v) is 12.2. The monoisotopic (exact) mass is 545 g/mol. The normalized spacial score (nSPS) is 18.4. The van der Waals surface area contributed by atoms with Crippen LogP contribution in [-0.2, 0) is 22.3 Å². The molecule has 1 heterocycles. The van der Waals surface area contributed by atoms with Crippen LogP contribution in [0.15, 0.2) is 33.7 Å². The first kappa shape index (κ1) is 28.5. The average molecular weight is 546 g/mol. The van der Waals surface area contributed by atoms with Gasteiger partial charge in [-0.15, -0.1) is 0 Å². The number of hydrogen-bond acceptors (Lipinski definition) is 5. The molecule has 7 nitrogen and oxygen atoms in total. The third-order valence-electron chi connectivity index (χ3n) is 5.96. The Morgan fingerprint density at radius 3 is 2.51 bits per heavy atom. The summed E-state index contributed by atoms with van der Waals surface area (Å²) >= 11 is 6.07. The number of benzene rings is 1. The van der Waals surface area contributed by atoms with Crippen LogP contribution in [0.1, 0.15) is 66.5 Å². The summed E-state index contributed by atoms with van der Waals surface area (Å²) in [6, 6.07) is 4.62. The van der Waals surface area contributed by atoms with E-state index in [9.17, 15) is 27.2 Å². The van der Waals surface area contributed by atoms with E-state index in [0.717, 1.165) is 25.0 Å². The van der Waals surface area contributed by atoms with Crippen LogP contribution >= 0.6 is 11.6 Å². The molecule has 1 aromatic heterocycles. The van der Waals surface area contributed by atoms with Crippen LogP contribution in [0, 0.1) is 18.7 Å². The number of aryl methyl sites for hydroxylation is 1. The first-order valence-electron chi connectivity index (χ1n) is 11.9. The minimum Gasteiger partial charge on any atom is -0.466 e. The highest BCUT2D eigenvalue weighted by Gasteiger charge is 2.40. The van der Waals surface area contributed by atoms with Crippen LogP contribution in [0.5, 0.6) is 0 Å². The van der Waals surface area contributed by atoms with Gasteiger partial charge in [0.2, 0.25) is 5.76 Å². The van der Waals surface area contributed by atoms with E-state index < -0.39 is 29.2 Å². The third-order valence-corrected chi connectivity index (χ3v) is 6.31. The fourth-order valence-corrected chi connectivity index (χ4v) is 4.39. The summed E-state index contributed by atoms with van der Waals surface area (Å²) in [5, 5.41) is 5.63. The molecule has 1 fully saturated rings. The summed E-state index contributed by atoms with van der Waals surface area (Å²) in [5.41, 5.74) is -0.206. The number of esters is 1. The molecule has 0 atom stereocenters. The van der Waals surface area contributed by atoms with Crippen molar-refractivity contribution in [2.75, 3.05) is 6.61 Å². The maximum absolute atomic E-state index is 13.4. The molecule has 1 aromatic carbocycles. The van der Waals surface area contributed by atoms with Crippen molar-refractivity contribution in [1.29, 1.82) is 0 Å². The van der Waals surface area contributed by atoms with Gasteiger partial charge in [-0.3, -0.25) is 14.9 Å². The summed E-state index contributed by atoms with van der Waals surface area (Å²) in [6.07, 6.45) is -1.79. The molecule has 0 unspecified atom stereocenters. The van der Waals surface area contributed by atoms with Crippen molar-refractivity contribution in [1.82, 2.24) is 10.6 Å². The Bertz CT molecular complexity index is 1140. The number of ether oxygens (including phenoxy) is 1. The number of carbonyl (C=O) groups is 2. The molecule has 2 aromatic rings. The van der Waals surface area contributed by atoms with Crippen LogP contribution < -0.4 is 10.6 Å². The molecular weight excluding hydrogens is 518 g/mol. The Labute approximate surface area is 216 Å².